The Hall–Kier alpha value is -2.83. The van der Waals surface area contributed by atoms with Crippen LogP contribution in [-0.4, -0.2) is 38.3 Å². The zero-order valence-corrected chi connectivity index (χ0v) is 15.6. The van der Waals surface area contributed by atoms with Crippen molar-refractivity contribution in [2.45, 2.75) is 58.8 Å². The molecule has 9 heteroatoms. The first-order valence-electron chi connectivity index (χ1n) is 8.72. The molecule has 0 aliphatic heterocycles. The van der Waals surface area contributed by atoms with Gasteiger partial charge in [-0.05, 0) is 29.8 Å². The van der Waals surface area contributed by atoms with Gasteiger partial charge in [-0.3, -0.25) is 4.79 Å². The fourth-order valence-electron chi connectivity index (χ4n) is 2.49. The zero-order chi connectivity index (χ0) is 19.7. The van der Waals surface area contributed by atoms with Crippen LogP contribution in [0, 0.1) is 11.3 Å². The molecule has 2 aromatic rings. The van der Waals surface area contributed by atoms with E-state index in [1.165, 1.54) is 4.68 Å². The molecule has 3 N–H and O–H groups in total. The largest absolute Gasteiger partial charge is 0.374 e. The number of carbonyl (C=O) groups is 1. The zero-order valence-electron chi connectivity index (χ0n) is 15.6. The van der Waals surface area contributed by atoms with Crippen LogP contribution in [0.3, 0.4) is 0 Å². The molecule has 0 radical (unpaired) electrons. The lowest BCUT2D eigenvalue weighted by molar-refractivity contribution is -0.123. The topological polar surface area (TPSA) is 132 Å². The van der Waals surface area contributed by atoms with Crippen LogP contribution < -0.4 is 11.1 Å². The van der Waals surface area contributed by atoms with Crippen LogP contribution in [0.2, 0.25) is 0 Å². The average Bonchev–Trinajstić information content (AvgIpc) is 3.07. The molecule has 0 spiro atoms. The summed E-state index contributed by atoms with van der Waals surface area (Å²) in [5.74, 6) is 0.229. The number of ether oxygens (including phenoxy) is 1. The first kappa shape index (κ1) is 23.2. The van der Waals surface area contributed by atoms with Crippen LogP contribution in [-0.2, 0) is 22.7 Å². The lowest BCUT2D eigenvalue weighted by Crippen LogP contribution is -2.41. The summed E-state index contributed by atoms with van der Waals surface area (Å²) in [6, 6.07) is 11.2. The number of tetrazole rings is 1. The second-order valence-corrected chi connectivity index (χ2v) is 6.95. The molecule has 1 aromatic carbocycles. The number of hydrogen-bond donors (Lipinski definition) is 2. The summed E-state index contributed by atoms with van der Waals surface area (Å²) in [7, 11) is 0. The molecule has 152 valence electrons. The third kappa shape index (κ3) is 7.82. The van der Waals surface area contributed by atoms with E-state index in [1.54, 1.807) is 13.8 Å². The highest BCUT2D eigenvalue weighted by molar-refractivity contribution is 5.77. The lowest BCUT2D eigenvalue weighted by atomic mass is 10.0. The highest BCUT2D eigenvalue weighted by Crippen LogP contribution is 2.13. The van der Waals surface area contributed by atoms with Crippen molar-refractivity contribution in [1.29, 1.82) is 5.26 Å². The standard InChI is InChI=1S/C18H25N7O2.CH4/c1-18(2,20)11-16(26)21-15(13-27-12-14-7-4-3-5-8-14)17-22-23-24-25(17)10-6-9-19;/h3-5,7-8,15H,6,10-13,20H2,1-2H3,(H,21,26);1H4/t15-;/m1./s1. The fourth-order valence-corrected chi connectivity index (χ4v) is 2.49. The number of carbonyl (C=O) groups excluding carboxylic acids is 1. The Labute approximate surface area is 165 Å². The van der Waals surface area contributed by atoms with Gasteiger partial charge in [-0.1, -0.05) is 37.8 Å². The molecule has 28 heavy (non-hydrogen) atoms. The maximum Gasteiger partial charge on any atom is 0.222 e. The molecule has 1 heterocycles. The summed E-state index contributed by atoms with van der Waals surface area (Å²) in [6.45, 7) is 4.50. The first-order valence-corrected chi connectivity index (χ1v) is 8.72. The second-order valence-electron chi connectivity index (χ2n) is 6.95. The van der Waals surface area contributed by atoms with Gasteiger partial charge in [0.2, 0.25) is 5.91 Å². The fraction of sp³-hybridized carbons (Fsp3) is 0.526. The molecule has 0 saturated carbocycles. The first-order chi connectivity index (χ1) is 12.9. The van der Waals surface area contributed by atoms with Crippen molar-refractivity contribution in [3.8, 4) is 6.07 Å². The van der Waals surface area contributed by atoms with Crippen molar-refractivity contribution >= 4 is 5.91 Å². The number of aromatic nitrogens is 4. The summed E-state index contributed by atoms with van der Waals surface area (Å²) >= 11 is 0. The summed E-state index contributed by atoms with van der Waals surface area (Å²) in [6.07, 6.45) is 0.418. The number of nitrogens with zero attached hydrogens (tertiary/aromatic N) is 5. The number of rotatable bonds is 10. The van der Waals surface area contributed by atoms with E-state index < -0.39 is 11.6 Å². The molecule has 0 aliphatic carbocycles. The molecule has 9 nitrogen and oxygen atoms in total. The van der Waals surface area contributed by atoms with E-state index >= 15 is 0 Å². The number of nitriles is 1. The number of benzene rings is 1. The molecule has 2 rings (SSSR count). The normalized spacial score (nSPS) is 11.9. The third-order valence-electron chi connectivity index (χ3n) is 3.65. The van der Waals surface area contributed by atoms with E-state index in [4.69, 9.17) is 15.7 Å². The molecule has 1 aromatic heterocycles. The van der Waals surface area contributed by atoms with Crippen molar-refractivity contribution in [3.63, 3.8) is 0 Å². The predicted octanol–water partition coefficient (Wildman–Crippen LogP) is 1.72. The van der Waals surface area contributed by atoms with E-state index in [2.05, 4.69) is 26.9 Å². The van der Waals surface area contributed by atoms with Gasteiger partial charge < -0.3 is 15.8 Å². The summed E-state index contributed by atoms with van der Waals surface area (Å²) in [5, 5.41) is 23.3. The molecule has 0 fully saturated rings. The van der Waals surface area contributed by atoms with E-state index in [1.807, 2.05) is 30.3 Å². The number of hydrogen-bond acceptors (Lipinski definition) is 7. The van der Waals surface area contributed by atoms with Gasteiger partial charge in [-0.25, -0.2) is 4.68 Å². The van der Waals surface area contributed by atoms with Crippen molar-refractivity contribution in [1.82, 2.24) is 25.5 Å². The Morgan fingerprint density at radius 1 is 1.39 bits per heavy atom. The Morgan fingerprint density at radius 2 is 2.11 bits per heavy atom. The highest BCUT2D eigenvalue weighted by Gasteiger charge is 2.24. The molecular formula is C19H29N7O2. The minimum Gasteiger partial charge on any atom is -0.374 e. The van der Waals surface area contributed by atoms with Gasteiger partial charge >= 0.3 is 0 Å². The summed E-state index contributed by atoms with van der Waals surface area (Å²) in [4.78, 5) is 12.3. The molecule has 0 bridgehead atoms. The SMILES string of the molecule is C.CC(C)(N)CC(=O)N[C@H](COCc1ccccc1)c1nnnn1CCC#N. The Kier molecular flexibility index (Phi) is 9.21. The van der Waals surface area contributed by atoms with Crippen LogP contribution in [0.5, 0.6) is 0 Å². The van der Waals surface area contributed by atoms with Gasteiger partial charge in [0.25, 0.3) is 0 Å². The number of aryl methyl sites for hydroxylation is 1. The van der Waals surface area contributed by atoms with Gasteiger partial charge in [-0.2, -0.15) is 5.26 Å². The number of nitrogens with two attached hydrogens (primary N) is 1. The van der Waals surface area contributed by atoms with Gasteiger partial charge in [0.05, 0.1) is 32.2 Å². The highest BCUT2D eigenvalue weighted by atomic mass is 16.5. The van der Waals surface area contributed by atoms with Crippen LogP contribution in [0.25, 0.3) is 0 Å². The van der Waals surface area contributed by atoms with Crippen LogP contribution in [0.4, 0.5) is 0 Å². The van der Waals surface area contributed by atoms with E-state index in [0.29, 0.717) is 19.0 Å². The van der Waals surface area contributed by atoms with Gasteiger partial charge in [-0.15, -0.1) is 5.10 Å². The average molecular weight is 387 g/mol. The van der Waals surface area contributed by atoms with Crippen LogP contribution >= 0.6 is 0 Å². The van der Waals surface area contributed by atoms with Gasteiger partial charge in [0, 0.05) is 12.0 Å². The Balaban J connectivity index is 0.00000392. The third-order valence-corrected chi connectivity index (χ3v) is 3.65. The quantitative estimate of drug-likeness (QED) is 0.634. The molecule has 0 aliphatic rings. The van der Waals surface area contributed by atoms with Crippen LogP contribution in [0.15, 0.2) is 30.3 Å². The lowest BCUT2D eigenvalue weighted by Gasteiger charge is -2.22. The molecule has 0 unspecified atom stereocenters. The van der Waals surface area contributed by atoms with Gasteiger partial charge in [0.1, 0.15) is 6.04 Å². The van der Waals surface area contributed by atoms with Crippen molar-refractivity contribution < 1.29 is 9.53 Å². The number of amides is 1. The summed E-state index contributed by atoms with van der Waals surface area (Å²) in [5.41, 5.74) is 6.32. The van der Waals surface area contributed by atoms with E-state index in [9.17, 15) is 4.79 Å². The monoisotopic (exact) mass is 387 g/mol. The number of nitrogens with one attached hydrogen (secondary N) is 1. The second kappa shape index (κ2) is 11.1. The van der Waals surface area contributed by atoms with Gasteiger partial charge in [0.15, 0.2) is 5.82 Å². The maximum absolute atomic E-state index is 12.3. The molecule has 1 amide bonds. The van der Waals surface area contributed by atoms with E-state index in [0.717, 1.165) is 5.56 Å². The van der Waals surface area contributed by atoms with E-state index in [-0.39, 0.29) is 32.8 Å². The molecular weight excluding hydrogens is 358 g/mol. The summed E-state index contributed by atoms with van der Waals surface area (Å²) < 4.78 is 7.28. The molecule has 1 atom stereocenters. The molecule has 0 saturated heterocycles. The van der Waals surface area contributed by atoms with Crippen molar-refractivity contribution in [3.05, 3.63) is 41.7 Å². The maximum atomic E-state index is 12.3. The van der Waals surface area contributed by atoms with Crippen LogP contribution in [0.1, 0.15) is 51.5 Å². The predicted molar refractivity (Wildman–Crippen MR) is 105 cm³/mol. The minimum absolute atomic E-state index is 0. The smallest absolute Gasteiger partial charge is 0.222 e. The Morgan fingerprint density at radius 3 is 2.75 bits per heavy atom. The Bertz CT molecular complexity index is 763. The van der Waals surface area contributed by atoms with Crippen molar-refractivity contribution in [2.75, 3.05) is 6.61 Å². The van der Waals surface area contributed by atoms with Crippen molar-refractivity contribution in [2.24, 2.45) is 5.73 Å². The minimum atomic E-state index is -0.633.